The van der Waals surface area contributed by atoms with Gasteiger partial charge in [0.15, 0.2) is 5.13 Å². The molecule has 3 rings (SSSR count). The number of nitrogens with zero attached hydrogens (tertiary/aromatic N) is 3. The van der Waals surface area contributed by atoms with Crippen LogP contribution in [0.3, 0.4) is 0 Å². The van der Waals surface area contributed by atoms with Gasteiger partial charge < -0.3 is 10.6 Å². The van der Waals surface area contributed by atoms with Gasteiger partial charge in [0.1, 0.15) is 0 Å². The van der Waals surface area contributed by atoms with Crippen LogP contribution in [-0.2, 0) is 0 Å². The molecule has 0 fully saturated rings. The molecule has 2 amide bonds. The van der Waals surface area contributed by atoms with Crippen LogP contribution in [0.4, 0.5) is 34.7 Å². The number of thiazole rings is 1. The summed E-state index contributed by atoms with van der Waals surface area (Å²) in [4.78, 5) is 25.7. The van der Waals surface area contributed by atoms with Gasteiger partial charge in [0, 0.05) is 23.8 Å². The van der Waals surface area contributed by atoms with Crippen LogP contribution in [-0.4, -0.2) is 33.5 Å². The lowest BCUT2D eigenvalue weighted by molar-refractivity contribution is -0.0328. The second kappa shape index (κ2) is 8.66. The van der Waals surface area contributed by atoms with Crippen LogP contribution in [0.2, 0.25) is 0 Å². The van der Waals surface area contributed by atoms with Crippen LogP contribution in [0.5, 0.6) is 0 Å². The van der Waals surface area contributed by atoms with Gasteiger partial charge in [0.05, 0.1) is 16.3 Å². The molecule has 12 heteroatoms. The zero-order valence-electron chi connectivity index (χ0n) is 15.2. The van der Waals surface area contributed by atoms with Gasteiger partial charge in [-0.25, -0.2) is 19.7 Å². The Labute approximate surface area is 172 Å². The number of hydrogen-bond donors (Lipinski definition) is 3. The second-order valence-corrected chi connectivity index (χ2v) is 7.74. The molecule has 7 nitrogen and oxygen atoms in total. The van der Waals surface area contributed by atoms with Crippen LogP contribution in [0.25, 0.3) is 10.6 Å². The molecule has 0 aliphatic carbocycles. The van der Waals surface area contributed by atoms with Crippen LogP contribution in [0.15, 0.2) is 41.4 Å². The Morgan fingerprint density at radius 3 is 2.69 bits per heavy atom. The molecule has 3 N–H and O–H groups in total. The van der Waals surface area contributed by atoms with Gasteiger partial charge in [-0.1, -0.05) is 17.4 Å². The van der Waals surface area contributed by atoms with Crippen molar-refractivity contribution in [1.82, 2.24) is 15.0 Å². The Bertz CT molecular complexity index is 1020. The van der Waals surface area contributed by atoms with E-state index in [1.807, 2.05) is 0 Å². The van der Waals surface area contributed by atoms with E-state index in [9.17, 15) is 18.0 Å². The highest BCUT2D eigenvalue weighted by Crippen LogP contribution is 2.37. The third-order valence-corrected chi connectivity index (χ3v) is 5.27. The standard InChI is InChI=1S/C17H15F3N6OS2/c1-9-13(12-6-7-22-14(21-2)25-12)28-16(23-9)26-15(27)24-10-4-3-5-11(8-10)29-17(18,19)20/h3-8H,1-2H3,(H,21,22,25)(H2,23,24,26,27). The lowest BCUT2D eigenvalue weighted by atomic mass is 10.3. The second-order valence-electron chi connectivity index (χ2n) is 5.60. The van der Waals surface area contributed by atoms with Gasteiger partial charge in [0.25, 0.3) is 0 Å². The number of benzene rings is 1. The third kappa shape index (κ3) is 5.81. The first-order valence-electron chi connectivity index (χ1n) is 8.16. The van der Waals surface area contributed by atoms with Crippen molar-refractivity contribution in [2.45, 2.75) is 17.3 Å². The lowest BCUT2D eigenvalue weighted by Gasteiger charge is -2.09. The number of aryl methyl sites for hydroxylation is 1. The first-order chi connectivity index (χ1) is 13.7. The number of hydrogen-bond acceptors (Lipinski definition) is 7. The van der Waals surface area contributed by atoms with Crippen molar-refractivity contribution in [2.75, 3.05) is 23.0 Å². The molecule has 0 aliphatic heterocycles. The van der Waals surface area contributed by atoms with Crippen LogP contribution in [0, 0.1) is 6.92 Å². The van der Waals surface area contributed by atoms with Crippen molar-refractivity contribution in [3.8, 4) is 10.6 Å². The monoisotopic (exact) mass is 440 g/mol. The number of urea groups is 1. The predicted molar refractivity (Wildman–Crippen MR) is 108 cm³/mol. The fraction of sp³-hybridized carbons (Fsp3) is 0.176. The summed E-state index contributed by atoms with van der Waals surface area (Å²) in [5.41, 5.74) is -2.83. The van der Waals surface area contributed by atoms with E-state index < -0.39 is 11.5 Å². The maximum absolute atomic E-state index is 12.5. The summed E-state index contributed by atoms with van der Waals surface area (Å²) in [5.74, 6) is 0.458. The number of thioether (sulfide) groups is 1. The molecule has 0 radical (unpaired) electrons. The number of rotatable bonds is 5. The summed E-state index contributed by atoms with van der Waals surface area (Å²) < 4.78 is 37.5. The fourth-order valence-corrected chi connectivity index (χ4v) is 3.85. The van der Waals surface area contributed by atoms with E-state index in [0.717, 1.165) is 4.88 Å². The molecule has 0 aliphatic rings. The van der Waals surface area contributed by atoms with E-state index in [1.165, 1.54) is 35.6 Å². The van der Waals surface area contributed by atoms with E-state index in [4.69, 9.17) is 0 Å². The quantitative estimate of drug-likeness (QED) is 0.472. The van der Waals surface area contributed by atoms with Crippen molar-refractivity contribution >= 4 is 45.9 Å². The average Bonchev–Trinajstić information content (AvgIpc) is 3.00. The number of nitrogens with one attached hydrogen (secondary N) is 3. The van der Waals surface area contributed by atoms with Gasteiger partial charge in [-0.2, -0.15) is 13.2 Å². The molecule has 3 aromatic rings. The minimum Gasteiger partial charge on any atom is -0.357 e. The molecule has 0 spiro atoms. The number of amides is 2. The highest BCUT2D eigenvalue weighted by Gasteiger charge is 2.29. The zero-order valence-corrected chi connectivity index (χ0v) is 16.8. The molecule has 1 aromatic carbocycles. The van der Waals surface area contributed by atoms with Crippen molar-refractivity contribution in [2.24, 2.45) is 0 Å². The molecular formula is C17H15F3N6OS2. The Morgan fingerprint density at radius 1 is 1.17 bits per heavy atom. The molecule has 2 aromatic heterocycles. The Kier molecular flexibility index (Phi) is 6.23. The summed E-state index contributed by atoms with van der Waals surface area (Å²) in [5, 5.41) is 8.28. The molecule has 0 bridgehead atoms. The molecule has 2 heterocycles. The van der Waals surface area contributed by atoms with Crippen molar-refractivity contribution < 1.29 is 18.0 Å². The Hall–Kier alpha value is -2.86. The van der Waals surface area contributed by atoms with Crippen LogP contribution >= 0.6 is 23.1 Å². The van der Waals surface area contributed by atoms with Crippen LogP contribution < -0.4 is 16.0 Å². The maximum Gasteiger partial charge on any atom is 0.446 e. The average molecular weight is 440 g/mol. The lowest BCUT2D eigenvalue weighted by Crippen LogP contribution is -2.19. The van der Waals surface area contributed by atoms with Gasteiger partial charge in [-0.15, -0.1) is 0 Å². The zero-order chi connectivity index (χ0) is 21.0. The number of aromatic nitrogens is 3. The fourth-order valence-electron chi connectivity index (χ4n) is 2.32. The van der Waals surface area contributed by atoms with Gasteiger partial charge in [-0.3, -0.25) is 5.32 Å². The number of alkyl halides is 3. The predicted octanol–water partition coefficient (Wildman–Crippen LogP) is 5.21. The van der Waals surface area contributed by atoms with E-state index >= 15 is 0 Å². The third-order valence-electron chi connectivity index (χ3n) is 3.45. The minimum atomic E-state index is -4.40. The largest absolute Gasteiger partial charge is 0.446 e. The molecule has 0 unspecified atom stereocenters. The van der Waals surface area contributed by atoms with Gasteiger partial charge >= 0.3 is 11.5 Å². The summed E-state index contributed by atoms with van der Waals surface area (Å²) >= 11 is 0.980. The van der Waals surface area contributed by atoms with E-state index in [2.05, 4.69) is 30.9 Å². The van der Waals surface area contributed by atoms with E-state index in [1.54, 1.807) is 26.2 Å². The number of anilines is 3. The number of carbonyl (C=O) groups is 1. The summed E-state index contributed by atoms with van der Waals surface area (Å²) in [7, 11) is 1.71. The van der Waals surface area contributed by atoms with Crippen molar-refractivity contribution in [3.05, 3.63) is 42.2 Å². The van der Waals surface area contributed by atoms with Gasteiger partial charge in [-0.05, 0) is 43.0 Å². The SMILES string of the molecule is CNc1nccc(-c2sc(NC(=O)Nc3cccc(SC(F)(F)F)c3)nc2C)n1. The molecule has 152 valence electrons. The number of halogens is 3. The molecule has 0 saturated carbocycles. The first-order valence-corrected chi connectivity index (χ1v) is 9.79. The minimum absolute atomic E-state index is 0.0215. The first kappa shape index (κ1) is 20.9. The highest BCUT2D eigenvalue weighted by molar-refractivity contribution is 8.00. The topological polar surface area (TPSA) is 91.8 Å². The molecule has 0 atom stereocenters. The Balaban J connectivity index is 1.69. The van der Waals surface area contributed by atoms with E-state index in [0.29, 0.717) is 22.5 Å². The Morgan fingerprint density at radius 2 is 1.97 bits per heavy atom. The number of carbonyl (C=O) groups excluding carboxylic acids is 1. The summed E-state index contributed by atoms with van der Waals surface area (Å²) in [6.07, 6.45) is 1.61. The molecular weight excluding hydrogens is 425 g/mol. The smallest absolute Gasteiger partial charge is 0.357 e. The van der Waals surface area contributed by atoms with Crippen LogP contribution in [0.1, 0.15) is 5.69 Å². The maximum atomic E-state index is 12.5. The normalized spacial score (nSPS) is 11.2. The molecule has 29 heavy (non-hydrogen) atoms. The van der Waals surface area contributed by atoms with Gasteiger partial charge in [0.2, 0.25) is 5.95 Å². The summed E-state index contributed by atoms with van der Waals surface area (Å²) in [6, 6.07) is 6.62. The van der Waals surface area contributed by atoms with Crippen molar-refractivity contribution in [3.63, 3.8) is 0 Å². The van der Waals surface area contributed by atoms with E-state index in [-0.39, 0.29) is 22.3 Å². The van der Waals surface area contributed by atoms with Crippen molar-refractivity contribution in [1.29, 1.82) is 0 Å². The highest BCUT2D eigenvalue weighted by atomic mass is 32.2. The molecule has 0 saturated heterocycles. The summed E-state index contributed by atoms with van der Waals surface area (Å²) in [6.45, 7) is 1.79.